The first-order valence-electron chi connectivity index (χ1n) is 35.0. The summed E-state index contributed by atoms with van der Waals surface area (Å²) >= 11 is 0. The van der Waals surface area contributed by atoms with E-state index in [4.69, 9.17) is 9.98 Å². The molecule has 0 aromatic heterocycles. The Bertz CT molecular complexity index is 1490. The number of hydrogen-bond donors (Lipinski definition) is 0. The molecule has 0 fully saturated rings. The first-order chi connectivity index (χ1) is 37.7. The number of rotatable bonds is 60. The van der Waals surface area contributed by atoms with Crippen LogP contribution >= 0.6 is 0 Å². The first-order valence-corrected chi connectivity index (χ1v) is 35.0. The second-order valence-corrected chi connectivity index (χ2v) is 24.5. The average molecular weight is 1110 g/mol. The normalized spacial score (nSPS) is 11.9. The van der Waals surface area contributed by atoms with E-state index in [9.17, 15) is 0 Å². The minimum Gasteiger partial charge on any atom is -0.255 e. The molecule has 0 unspecified atom stereocenters. The van der Waals surface area contributed by atoms with Crippen LogP contribution in [0.25, 0.3) is 0 Å². The molecule has 0 saturated carbocycles. The van der Waals surface area contributed by atoms with Gasteiger partial charge >= 0.3 is 0 Å². The van der Waals surface area contributed by atoms with Crippen molar-refractivity contribution in [3.8, 4) is 0 Å². The Kier molecular flexibility index (Phi) is 57.5. The largest absolute Gasteiger partial charge is 0.255 e. The maximum absolute atomic E-state index is 5.15. The summed E-state index contributed by atoms with van der Waals surface area (Å²) < 4.78 is 0. The number of benzene rings is 2. The zero-order chi connectivity index (χ0) is 54.0. The average Bonchev–Trinajstić information content (AvgIpc) is 3.44. The van der Waals surface area contributed by atoms with Crippen LogP contribution in [-0.2, 0) is 29.3 Å². The van der Waals surface area contributed by atoms with Crippen LogP contribution in [0.4, 0.5) is 11.4 Å². The zero-order valence-corrected chi connectivity index (χ0v) is 53.2. The Labute approximate surface area is 493 Å². The van der Waals surface area contributed by atoms with Gasteiger partial charge in [0.25, 0.3) is 0 Å². The van der Waals surface area contributed by atoms with Crippen LogP contribution in [0.2, 0.25) is 0 Å². The van der Waals surface area contributed by atoms with Crippen molar-refractivity contribution >= 4 is 23.3 Å². The molecule has 0 heterocycles. The third-order valence-electron chi connectivity index (χ3n) is 16.9. The van der Waals surface area contributed by atoms with Crippen LogP contribution in [0, 0.1) is 0 Å². The fourth-order valence-electron chi connectivity index (χ4n) is 11.6. The molecule has 0 aliphatic heterocycles. The van der Waals surface area contributed by atoms with E-state index in [2.05, 4.69) is 75.5 Å². The Morgan fingerprint density at radius 3 is 0.714 bits per heavy atom. The van der Waals surface area contributed by atoms with Gasteiger partial charge in [-0.05, 0) is 73.9 Å². The van der Waals surface area contributed by atoms with Crippen molar-refractivity contribution in [2.24, 2.45) is 9.98 Å². The molecule has 0 amide bonds. The Hall–Kier alpha value is -1.73. The number of aryl methyl sites for hydroxylation is 2. The van der Waals surface area contributed by atoms with Gasteiger partial charge in [0.15, 0.2) is 0 Å². The minimum atomic E-state index is 0. The molecule has 0 bridgehead atoms. The molecule has 0 N–H and O–H groups in total. The van der Waals surface area contributed by atoms with Crippen molar-refractivity contribution in [2.45, 2.75) is 387 Å². The second kappa shape index (κ2) is 60.4. The van der Waals surface area contributed by atoms with Gasteiger partial charge in [-0.2, -0.15) is 0 Å². The van der Waals surface area contributed by atoms with Crippen LogP contribution in [-0.4, -0.2) is 11.9 Å². The molecule has 0 radical (unpaired) electrons. The molecular formula is C74H132N2Ni. The molecule has 2 aromatic rings. The van der Waals surface area contributed by atoms with Gasteiger partial charge in [-0.15, -0.1) is 0 Å². The monoisotopic (exact) mass is 1110 g/mol. The Morgan fingerprint density at radius 2 is 0.468 bits per heavy atom. The standard InChI is InChI=1S/C74H132N2.Ni/c1-4-7-10-13-16-18-20-22-24-26-28-30-32-34-36-38-40-42-44-46-48-50-52-55-58-70-61-65-72(66-62-70)75-69-74(60-57-54-15-12-9-6-3)76-73-67-63-71(64-68-73)59-56-53-51-49-47-45-43-41-39-37-35-33-31-29-27-25-23-21-19-17-14-11-8-5-2;/h61-69H,4-60H2,1-3H3;/b75-69+,76-74+;. The van der Waals surface area contributed by atoms with Crippen molar-refractivity contribution in [2.75, 3.05) is 0 Å². The predicted octanol–water partition coefficient (Wildman–Crippen LogP) is 26.8. The fraction of sp³-hybridized carbons (Fsp3) is 0.811. The molecule has 0 aliphatic carbocycles. The van der Waals surface area contributed by atoms with Crippen molar-refractivity contribution in [3.05, 3.63) is 59.7 Å². The smallest absolute Gasteiger partial charge is 0.0633 e. The maximum Gasteiger partial charge on any atom is 0.0633 e. The van der Waals surface area contributed by atoms with Crippen molar-refractivity contribution in [1.29, 1.82) is 0 Å². The molecule has 0 spiro atoms. The van der Waals surface area contributed by atoms with E-state index in [1.54, 1.807) is 0 Å². The van der Waals surface area contributed by atoms with Crippen molar-refractivity contribution < 1.29 is 16.5 Å². The van der Waals surface area contributed by atoms with Gasteiger partial charge in [-0.25, -0.2) is 0 Å². The van der Waals surface area contributed by atoms with Gasteiger partial charge in [0.2, 0.25) is 0 Å². The summed E-state index contributed by atoms with van der Waals surface area (Å²) in [6.07, 6.45) is 82.5. The van der Waals surface area contributed by atoms with Gasteiger partial charge < -0.3 is 0 Å². The van der Waals surface area contributed by atoms with Crippen LogP contribution in [0.1, 0.15) is 385 Å². The topological polar surface area (TPSA) is 24.7 Å². The summed E-state index contributed by atoms with van der Waals surface area (Å²) in [7, 11) is 0. The SMILES string of the molecule is CCCCCCCCCCCCCCCCCCCCCCCCCCc1ccc(/N=C/C(CCCCCCCC)=N/c2ccc(CCCCCCCCCCCCCCCCCCCCCCCCCC)cc2)cc1.[Ni]. The summed E-state index contributed by atoms with van der Waals surface area (Å²) in [5.41, 5.74) is 6.12. The fourth-order valence-corrected chi connectivity index (χ4v) is 11.6. The van der Waals surface area contributed by atoms with E-state index < -0.39 is 0 Å². The van der Waals surface area contributed by atoms with E-state index in [0.29, 0.717) is 0 Å². The van der Waals surface area contributed by atoms with Gasteiger partial charge in [0.05, 0.1) is 17.1 Å². The number of hydrogen-bond acceptors (Lipinski definition) is 2. The van der Waals surface area contributed by atoms with Crippen LogP contribution in [0.5, 0.6) is 0 Å². The van der Waals surface area contributed by atoms with Crippen LogP contribution in [0.3, 0.4) is 0 Å². The predicted molar refractivity (Wildman–Crippen MR) is 346 cm³/mol. The van der Waals surface area contributed by atoms with E-state index in [1.807, 2.05) is 0 Å². The minimum absolute atomic E-state index is 0. The molecule has 0 atom stereocenters. The van der Waals surface area contributed by atoms with Crippen molar-refractivity contribution in [3.63, 3.8) is 0 Å². The molecule has 0 aliphatic rings. The molecular weight excluding hydrogens is 976 g/mol. The van der Waals surface area contributed by atoms with Gasteiger partial charge in [0.1, 0.15) is 0 Å². The number of aliphatic imine (C=N–C) groups is 2. The summed E-state index contributed by atoms with van der Waals surface area (Å²) in [6, 6.07) is 18.1. The summed E-state index contributed by atoms with van der Waals surface area (Å²) in [4.78, 5) is 10.1. The summed E-state index contributed by atoms with van der Waals surface area (Å²) in [5.74, 6) is 0. The second-order valence-electron chi connectivity index (χ2n) is 24.5. The molecule has 448 valence electrons. The first kappa shape index (κ1) is 73.3. The molecule has 0 saturated heterocycles. The van der Waals surface area contributed by atoms with Gasteiger partial charge in [0, 0.05) is 22.7 Å². The summed E-state index contributed by atoms with van der Waals surface area (Å²) in [6.45, 7) is 6.92. The molecule has 3 heteroatoms. The molecule has 2 rings (SSSR count). The third kappa shape index (κ3) is 50.9. The molecule has 77 heavy (non-hydrogen) atoms. The maximum atomic E-state index is 5.15. The van der Waals surface area contributed by atoms with Crippen LogP contribution < -0.4 is 0 Å². The van der Waals surface area contributed by atoms with Gasteiger partial charge in [-0.1, -0.05) is 372 Å². The zero-order valence-electron chi connectivity index (χ0n) is 52.2. The van der Waals surface area contributed by atoms with Crippen molar-refractivity contribution in [1.82, 2.24) is 0 Å². The Morgan fingerprint density at radius 1 is 0.260 bits per heavy atom. The van der Waals surface area contributed by atoms with E-state index in [1.165, 1.54) is 371 Å². The van der Waals surface area contributed by atoms with E-state index >= 15 is 0 Å². The van der Waals surface area contributed by atoms with E-state index in [0.717, 1.165) is 23.5 Å². The summed E-state index contributed by atoms with van der Waals surface area (Å²) in [5, 5.41) is 0. The third-order valence-corrected chi connectivity index (χ3v) is 16.9. The number of nitrogens with zero attached hydrogens (tertiary/aromatic N) is 2. The molecule has 2 nitrogen and oxygen atoms in total. The quantitative estimate of drug-likeness (QED) is 0.0358. The van der Waals surface area contributed by atoms with E-state index in [-0.39, 0.29) is 16.5 Å². The molecule has 2 aromatic carbocycles. The Balaban J connectivity index is 0.0000296. The van der Waals surface area contributed by atoms with Gasteiger partial charge in [-0.3, -0.25) is 9.98 Å². The van der Waals surface area contributed by atoms with Crippen LogP contribution in [0.15, 0.2) is 58.5 Å². The number of unbranched alkanes of at least 4 members (excludes halogenated alkanes) is 51.